The van der Waals surface area contributed by atoms with Crippen LogP contribution >= 0.6 is 0 Å². The van der Waals surface area contributed by atoms with Gasteiger partial charge < -0.3 is 37.3 Å². The van der Waals surface area contributed by atoms with Gasteiger partial charge in [-0.2, -0.15) is 6.08 Å². The second kappa shape index (κ2) is 16.2. The van der Waals surface area contributed by atoms with Gasteiger partial charge in [0.1, 0.15) is 0 Å². The van der Waals surface area contributed by atoms with Gasteiger partial charge in [0.15, 0.2) is 0 Å². The maximum absolute atomic E-state index is 10.1. The first-order valence-corrected chi connectivity index (χ1v) is 3.42. The molecule has 0 aromatic carbocycles. The van der Waals surface area contributed by atoms with Crippen molar-refractivity contribution < 1.29 is 51.6 Å². The molecule has 0 aliphatic heterocycles. The molecule has 0 unspecified atom stereocenters. The van der Waals surface area contributed by atoms with E-state index in [1.165, 1.54) is 0 Å². The molecule has 0 heterocycles. The van der Waals surface area contributed by atoms with Crippen LogP contribution in [0.1, 0.15) is 27.2 Å². The Labute approximate surface area is 116 Å². The number of halogens is 2. The molecule has 1 nitrogen and oxygen atoms in total. The fourth-order valence-electron chi connectivity index (χ4n) is 0.340. The van der Waals surface area contributed by atoms with E-state index in [1.54, 1.807) is 20.8 Å². The molecule has 0 N–H and O–H groups in total. The molecule has 83 valence electrons. The summed E-state index contributed by atoms with van der Waals surface area (Å²) in [6.07, 6.45) is 10.0. The molecule has 1 aliphatic rings. The second-order valence-electron chi connectivity index (χ2n) is 3.12. The Morgan fingerprint density at radius 2 is 1.57 bits per heavy atom. The van der Waals surface area contributed by atoms with E-state index >= 15 is 0 Å². The quantitative estimate of drug-likeness (QED) is 0.325. The first-order chi connectivity index (χ1) is 4.50. The third-order valence-corrected chi connectivity index (χ3v) is 0.586. The summed E-state index contributed by atoms with van der Waals surface area (Å²) in [5, 5.41) is 10.1. The molecule has 0 aromatic heterocycles. The Hall–Kier alpha value is 0.734. The summed E-state index contributed by atoms with van der Waals surface area (Å²) >= 11 is 0. The van der Waals surface area contributed by atoms with Gasteiger partial charge in [-0.15, -0.1) is 12.0 Å². The molecule has 0 aromatic rings. The maximum Gasteiger partial charge on any atom is 3.00 e. The van der Waals surface area contributed by atoms with Crippen LogP contribution in [0.25, 0.3) is 0 Å². The van der Waals surface area contributed by atoms with E-state index < -0.39 is 5.60 Å². The normalized spacial score (nSPS) is 10.6. The van der Waals surface area contributed by atoms with Crippen molar-refractivity contribution in [1.29, 1.82) is 0 Å². The predicted octanol–water partition coefficient (Wildman–Crippen LogP) is -4.09. The first kappa shape index (κ1) is 29.3. The number of hydrogen-bond acceptors (Lipinski definition) is 1. The summed E-state index contributed by atoms with van der Waals surface area (Å²) in [6.45, 7) is 4.90. The van der Waals surface area contributed by atoms with Crippen molar-refractivity contribution in [2.75, 3.05) is 0 Å². The molecule has 1 radical (unpaired) electrons. The van der Waals surface area contributed by atoms with Gasteiger partial charge in [0.25, 0.3) is 0 Å². The van der Waals surface area contributed by atoms with E-state index in [0.29, 0.717) is 0 Å². The molecule has 1 aliphatic carbocycles. The van der Waals surface area contributed by atoms with Crippen molar-refractivity contribution in [2.45, 2.75) is 32.8 Å². The predicted molar refractivity (Wildman–Crippen MR) is 47.7 cm³/mol. The van der Waals surface area contributed by atoms with Gasteiger partial charge in [0.2, 0.25) is 0 Å². The van der Waals surface area contributed by atoms with Crippen molar-refractivity contribution >= 4 is 0 Å². The molecule has 0 saturated heterocycles. The van der Waals surface area contributed by atoms with E-state index in [0.717, 1.165) is 6.42 Å². The Bertz CT molecular complexity index is 124. The third kappa shape index (κ3) is 53.3. The monoisotopic (exact) mass is 271 g/mol. The Morgan fingerprint density at radius 1 is 1.21 bits per heavy atom. The summed E-state index contributed by atoms with van der Waals surface area (Å²) in [5.41, 5.74) is -0.750. The summed E-state index contributed by atoms with van der Waals surface area (Å²) in [5.74, 6) is 0. The fourth-order valence-corrected chi connectivity index (χ4v) is 0.340. The van der Waals surface area contributed by atoms with Crippen LogP contribution in [0.15, 0.2) is 18.2 Å². The molecule has 0 bridgehead atoms. The van der Waals surface area contributed by atoms with Gasteiger partial charge in [0, 0.05) is 0 Å². The van der Waals surface area contributed by atoms with Crippen LogP contribution in [-0.2, 0) is 21.7 Å². The van der Waals surface area contributed by atoms with Crippen molar-refractivity contribution in [3.8, 4) is 0 Å². The molecular weight excluding hydrogens is 255 g/mol. The number of rotatable bonds is 0. The van der Waals surface area contributed by atoms with E-state index in [4.69, 9.17) is 0 Å². The summed E-state index contributed by atoms with van der Waals surface area (Å²) in [6, 6.07) is 0. The molecule has 0 spiro atoms. The molecule has 0 atom stereocenters. The molecule has 4 heteroatoms. The minimum atomic E-state index is -0.750. The average molecular weight is 272 g/mol. The molecular formula is C10H17Cl2OTi-2. The maximum atomic E-state index is 10.1. The Kier molecular flexibility index (Phi) is 33.9. The zero-order valence-electron chi connectivity index (χ0n) is 9.10. The molecule has 0 saturated carbocycles. The van der Waals surface area contributed by atoms with Crippen LogP contribution in [-0.4, -0.2) is 5.60 Å². The average Bonchev–Trinajstić information content (AvgIpc) is 2.07. The zero-order valence-corrected chi connectivity index (χ0v) is 12.2. The van der Waals surface area contributed by atoms with Crippen LogP contribution in [0.2, 0.25) is 0 Å². The molecule has 14 heavy (non-hydrogen) atoms. The minimum Gasteiger partial charge on any atom is -1.00 e. The summed E-state index contributed by atoms with van der Waals surface area (Å²) in [4.78, 5) is 0. The topological polar surface area (TPSA) is 23.1 Å². The second-order valence-corrected chi connectivity index (χ2v) is 3.12. The van der Waals surface area contributed by atoms with E-state index in [1.807, 2.05) is 12.2 Å². The number of allylic oxidation sites excluding steroid dienone is 4. The smallest absolute Gasteiger partial charge is 1.00 e. The minimum absolute atomic E-state index is 0. The summed E-state index contributed by atoms with van der Waals surface area (Å²) < 4.78 is 0. The van der Waals surface area contributed by atoms with Crippen molar-refractivity contribution in [2.24, 2.45) is 0 Å². The largest absolute Gasteiger partial charge is 3.00 e. The van der Waals surface area contributed by atoms with Gasteiger partial charge >= 0.3 is 21.7 Å². The van der Waals surface area contributed by atoms with Crippen molar-refractivity contribution in [1.82, 2.24) is 0 Å². The van der Waals surface area contributed by atoms with Crippen molar-refractivity contribution in [3.05, 3.63) is 31.7 Å². The SMILES string of the molecule is CC(C)(C)[O-].[C-]1=CC=CC1.[CH3-].[Cl-].[Cl-].[Ti+3]. The third-order valence-electron chi connectivity index (χ3n) is 0.586. The standard InChI is InChI=1S/C5H5.C4H9O.CH3.2ClH.Ti/c1-2-4-5-3-1;1-4(2,3)5;;;;/h1-3H,4H2;1-3H3;1H3;2*1H;/q3*-1;;;+3/p-2. The molecule has 0 fully saturated rings. The Balaban J connectivity index is -0.0000000300. The van der Waals surface area contributed by atoms with Crippen LogP contribution in [0.4, 0.5) is 0 Å². The van der Waals surface area contributed by atoms with Gasteiger partial charge in [-0.25, -0.2) is 12.2 Å². The van der Waals surface area contributed by atoms with Gasteiger partial charge in [0.05, 0.1) is 0 Å². The van der Waals surface area contributed by atoms with Gasteiger partial charge in [-0.1, -0.05) is 20.8 Å². The molecule has 0 amide bonds. The van der Waals surface area contributed by atoms with Gasteiger partial charge in [-0.3, -0.25) is 6.08 Å². The molecule has 1 rings (SSSR count). The fraction of sp³-hybridized carbons (Fsp3) is 0.500. The zero-order chi connectivity index (χ0) is 8.04. The van der Waals surface area contributed by atoms with E-state index in [-0.39, 0.29) is 54.0 Å². The van der Waals surface area contributed by atoms with Crippen LogP contribution in [0.3, 0.4) is 0 Å². The summed E-state index contributed by atoms with van der Waals surface area (Å²) in [7, 11) is 0. The van der Waals surface area contributed by atoms with Crippen LogP contribution in [0.5, 0.6) is 0 Å². The van der Waals surface area contributed by atoms with E-state index in [2.05, 4.69) is 12.2 Å². The van der Waals surface area contributed by atoms with Gasteiger partial charge in [-0.05, 0) is 0 Å². The van der Waals surface area contributed by atoms with Crippen LogP contribution < -0.4 is 29.9 Å². The Morgan fingerprint density at radius 3 is 1.64 bits per heavy atom. The van der Waals surface area contributed by atoms with Crippen molar-refractivity contribution in [3.63, 3.8) is 0 Å². The number of hydrogen-bond donors (Lipinski definition) is 0. The first-order valence-electron chi connectivity index (χ1n) is 3.42. The van der Waals surface area contributed by atoms with E-state index in [9.17, 15) is 5.11 Å². The van der Waals surface area contributed by atoms with Crippen LogP contribution in [0, 0.1) is 13.5 Å².